The van der Waals surface area contributed by atoms with Crippen LogP contribution in [0.25, 0.3) is 0 Å². The number of nitrogens with zero attached hydrogens (tertiary/aromatic N) is 2. The van der Waals surface area contributed by atoms with E-state index in [2.05, 4.69) is 31.4 Å². The molecular formula is C12H12BrN3O2S. The van der Waals surface area contributed by atoms with Gasteiger partial charge in [0.25, 0.3) is 5.22 Å². The van der Waals surface area contributed by atoms with Gasteiger partial charge in [0.05, 0.1) is 5.75 Å². The average Bonchev–Trinajstić information content (AvgIpc) is 2.84. The Balaban J connectivity index is 1.84. The molecule has 0 spiro atoms. The van der Waals surface area contributed by atoms with Gasteiger partial charge in [0.15, 0.2) is 0 Å². The number of carbonyl (C=O) groups is 1. The summed E-state index contributed by atoms with van der Waals surface area (Å²) < 4.78 is 6.22. The molecule has 0 fully saturated rings. The molecule has 1 amide bonds. The lowest BCUT2D eigenvalue weighted by Crippen LogP contribution is -2.13. The van der Waals surface area contributed by atoms with Crippen LogP contribution >= 0.6 is 27.7 Å². The summed E-state index contributed by atoms with van der Waals surface area (Å²) in [5, 5.41) is 10.9. The first-order valence-corrected chi connectivity index (χ1v) is 7.46. The van der Waals surface area contributed by atoms with Crippen molar-refractivity contribution in [2.45, 2.75) is 18.6 Å². The normalized spacial score (nSPS) is 10.4. The number of aromatic nitrogens is 2. The molecular weight excluding hydrogens is 330 g/mol. The molecule has 0 aliphatic heterocycles. The zero-order chi connectivity index (χ0) is 13.7. The molecule has 19 heavy (non-hydrogen) atoms. The lowest BCUT2D eigenvalue weighted by molar-refractivity contribution is -0.113. The Morgan fingerprint density at radius 2 is 2.32 bits per heavy atom. The Morgan fingerprint density at radius 1 is 1.47 bits per heavy atom. The molecule has 7 heteroatoms. The lowest BCUT2D eigenvalue weighted by atomic mass is 10.3. The second-order valence-electron chi connectivity index (χ2n) is 3.66. The van der Waals surface area contributed by atoms with Crippen LogP contribution in [0.15, 0.2) is 38.4 Å². The van der Waals surface area contributed by atoms with Crippen LogP contribution < -0.4 is 5.32 Å². The van der Waals surface area contributed by atoms with Crippen molar-refractivity contribution in [3.63, 3.8) is 0 Å². The maximum absolute atomic E-state index is 11.7. The van der Waals surface area contributed by atoms with Gasteiger partial charge in [-0.1, -0.05) is 40.7 Å². The van der Waals surface area contributed by atoms with Crippen molar-refractivity contribution >= 4 is 39.3 Å². The molecule has 0 unspecified atom stereocenters. The standard InChI is InChI=1S/C12H12BrN3O2S/c1-2-11-15-16-12(18-11)19-7-10(17)14-9-5-3-4-8(13)6-9/h3-6H,2,7H2,1H3,(H,14,17). The smallest absolute Gasteiger partial charge is 0.277 e. The maximum Gasteiger partial charge on any atom is 0.277 e. The molecule has 0 bridgehead atoms. The van der Waals surface area contributed by atoms with Crippen molar-refractivity contribution in [3.05, 3.63) is 34.6 Å². The first-order chi connectivity index (χ1) is 9.17. The summed E-state index contributed by atoms with van der Waals surface area (Å²) in [7, 11) is 0. The van der Waals surface area contributed by atoms with Gasteiger partial charge in [-0.05, 0) is 18.2 Å². The van der Waals surface area contributed by atoms with Gasteiger partial charge in [-0.25, -0.2) is 0 Å². The molecule has 1 heterocycles. The number of hydrogen-bond donors (Lipinski definition) is 1. The highest BCUT2D eigenvalue weighted by Crippen LogP contribution is 2.18. The van der Waals surface area contributed by atoms with E-state index in [1.165, 1.54) is 11.8 Å². The molecule has 1 N–H and O–H groups in total. The van der Waals surface area contributed by atoms with E-state index in [-0.39, 0.29) is 11.7 Å². The summed E-state index contributed by atoms with van der Waals surface area (Å²) >= 11 is 4.57. The third-order valence-corrected chi connectivity index (χ3v) is 3.50. The lowest BCUT2D eigenvalue weighted by Gasteiger charge is -2.03. The number of carbonyl (C=O) groups excluding carboxylic acids is 1. The van der Waals surface area contributed by atoms with E-state index in [1.807, 2.05) is 31.2 Å². The molecule has 0 radical (unpaired) electrons. The first kappa shape index (κ1) is 14.1. The zero-order valence-electron chi connectivity index (χ0n) is 10.2. The van der Waals surface area contributed by atoms with Gasteiger partial charge in [-0.3, -0.25) is 4.79 Å². The number of halogens is 1. The Morgan fingerprint density at radius 3 is 3.00 bits per heavy atom. The fourth-order valence-electron chi connectivity index (χ4n) is 1.33. The molecule has 1 aromatic heterocycles. The molecule has 0 saturated heterocycles. The summed E-state index contributed by atoms with van der Waals surface area (Å²) in [6.07, 6.45) is 0.692. The van der Waals surface area contributed by atoms with Crippen molar-refractivity contribution in [1.82, 2.24) is 10.2 Å². The minimum absolute atomic E-state index is 0.112. The van der Waals surface area contributed by atoms with Crippen LogP contribution in [0.2, 0.25) is 0 Å². The van der Waals surface area contributed by atoms with E-state index in [1.54, 1.807) is 0 Å². The van der Waals surface area contributed by atoms with Crippen LogP contribution in [0.1, 0.15) is 12.8 Å². The van der Waals surface area contributed by atoms with Gasteiger partial charge < -0.3 is 9.73 Å². The van der Waals surface area contributed by atoms with Crippen LogP contribution in [0.3, 0.4) is 0 Å². The van der Waals surface area contributed by atoms with Crippen LogP contribution in [0.5, 0.6) is 0 Å². The second-order valence-corrected chi connectivity index (χ2v) is 5.50. The van der Waals surface area contributed by atoms with Crippen LogP contribution in [-0.2, 0) is 11.2 Å². The number of nitrogens with one attached hydrogen (secondary N) is 1. The van der Waals surface area contributed by atoms with Crippen molar-refractivity contribution in [2.75, 3.05) is 11.1 Å². The second kappa shape index (κ2) is 6.72. The van der Waals surface area contributed by atoms with E-state index >= 15 is 0 Å². The van der Waals surface area contributed by atoms with Gasteiger partial charge in [-0.15, -0.1) is 10.2 Å². The summed E-state index contributed by atoms with van der Waals surface area (Å²) in [5.74, 6) is 0.701. The van der Waals surface area contributed by atoms with Gasteiger partial charge in [0.2, 0.25) is 11.8 Å². The summed E-state index contributed by atoms with van der Waals surface area (Å²) in [6, 6.07) is 7.42. The van der Waals surface area contributed by atoms with Crippen molar-refractivity contribution in [1.29, 1.82) is 0 Å². The molecule has 5 nitrogen and oxygen atoms in total. The monoisotopic (exact) mass is 341 g/mol. The van der Waals surface area contributed by atoms with Gasteiger partial charge >= 0.3 is 0 Å². The molecule has 0 atom stereocenters. The molecule has 0 aliphatic carbocycles. The van der Waals surface area contributed by atoms with Gasteiger partial charge in [-0.2, -0.15) is 0 Å². The highest BCUT2D eigenvalue weighted by atomic mass is 79.9. The van der Waals surface area contributed by atoms with E-state index in [0.717, 1.165) is 10.2 Å². The molecule has 2 rings (SSSR count). The predicted molar refractivity (Wildman–Crippen MR) is 77.2 cm³/mol. The highest BCUT2D eigenvalue weighted by molar-refractivity contribution is 9.10. The zero-order valence-corrected chi connectivity index (χ0v) is 12.6. The summed E-state index contributed by atoms with van der Waals surface area (Å²) in [4.78, 5) is 11.7. The first-order valence-electron chi connectivity index (χ1n) is 5.68. The summed E-state index contributed by atoms with van der Waals surface area (Å²) in [6.45, 7) is 1.93. The van der Waals surface area contributed by atoms with Crippen LogP contribution in [0, 0.1) is 0 Å². The largest absolute Gasteiger partial charge is 0.416 e. The summed E-state index contributed by atoms with van der Waals surface area (Å²) in [5.41, 5.74) is 0.750. The van der Waals surface area contributed by atoms with E-state index < -0.39 is 0 Å². The highest BCUT2D eigenvalue weighted by Gasteiger charge is 2.09. The van der Waals surface area contributed by atoms with Crippen LogP contribution in [0.4, 0.5) is 5.69 Å². The number of benzene rings is 1. The molecule has 100 valence electrons. The predicted octanol–water partition coefficient (Wildman–Crippen LogP) is 3.13. The number of anilines is 1. The molecule has 0 saturated carbocycles. The Bertz CT molecular complexity index is 574. The third kappa shape index (κ3) is 4.36. The molecule has 0 aliphatic rings. The minimum atomic E-state index is -0.112. The number of amides is 1. The van der Waals surface area contributed by atoms with Crippen molar-refractivity contribution in [2.24, 2.45) is 0 Å². The number of thioether (sulfide) groups is 1. The number of aryl methyl sites for hydroxylation is 1. The van der Waals surface area contributed by atoms with Crippen molar-refractivity contribution < 1.29 is 9.21 Å². The van der Waals surface area contributed by atoms with Gasteiger partial charge in [0.1, 0.15) is 0 Å². The Hall–Kier alpha value is -1.34. The van der Waals surface area contributed by atoms with E-state index in [9.17, 15) is 4.79 Å². The maximum atomic E-state index is 11.7. The van der Waals surface area contributed by atoms with E-state index in [4.69, 9.17) is 4.42 Å². The van der Waals surface area contributed by atoms with E-state index in [0.29, 0.717) is 17.5 Å². The topological polar surface area (TPSA) is 68.0 Å². The fraction of sp³-hybridized carbons (Fsp3) is 0.250. The number of rotatable bonds is 5. The minimum Gasteiger partial charge on any atom is -0.416 e. The Kier molecular flexibility index (Phi) is 4.98. The average molecular weight is 342 g/mol. The number of hydrogen-bond acceptors (Lipinski definition) is 5. The molecule has 1 aromatic carbocycles. The Labute approximate surface area is 123 Å². The van der Waals surface area contributed by atoms with Crippen LogP contribution in [-0.4, -0.2) is 21.9 Å². The fourth-order valence-corrected chi connectivity index (χ4v) is 2.31. The molecule has 2 aromatic rings. The quantitative estimate of drug-likeness (QED) is 0.846. The van der Waals surface area contributed by atoms with Crippen molar-refractivity contribution in [3.8, 4) is 0 Å². The SMILES string of the molecule is CCc1nnc(SCC(=O)Nc2cccc(Br)c2)o1. The van der Waals surface area contributed by atoms with Gasteiger partial charge in [0, 0.05) is 16.6 Å². The third-order valence-electron chi connectivity index (χ3n) is 2.19.